The van der Waals surface area contributed by atoms with Crippen molar-refractivity contribution < 1.29 is 4.42 Å². The molecule has 4 nitrogen and oxygen atoms in total. The molecule has 11 rings (SSSR count). The van der Waals surface area contributed by atoms with E-state index in [1.54, 1.807) is 0 Å². The second kappa shape index (κ2) is 21.1. The van der Waals surface area contributed by atoms with Gasteiger partial charge in [0.15, 0.2) is 5.82 Å². The van der Waals surface area contributed by atoms with Crippen LogP contribution in [0.2, 0.25) is 0 Å². The Labute approximate surface area is 489 Å². The van der Waals surface area contributed by atoms with Gasteiger partial charge in [0.05, 0.1) is 11.4 Å². The van der Waals surface area contributed by atoms with Gasteiger partial charge >= 0.3 is 0 Å². The zero-order valence-electron chi connectivity index (χ0n) is 50.4. The largest absolute Gasteiger partial charge is 0.456 e. The highest BCUT2D eigenvalue weighted by Crippen LogP contribution is 2.41. The predicted octanol–water partition coefficient (Wildman–Crippen LogP) is -15.5. The van der Waals surface area contributed by atoms with Crippen molar-refractivity contribution in [3.8, 4) is 67.3 Å². The van der Waals surface area contributed by atoms with Crippen LogP contribution in [0.25, 0.3) is 89.2 Å². The Morgan fingerprint density at radius 3 is 1.23 bits per heavy atom. The van der Waals surface area contributed by atoms with E-state index in [1.807, 2.05) is 6.07 Å². The molecule has 0 radical (unpaired) electrons. The number of hydrogen-bond acceptors (Lipinski definition) is 4. The van der Waals surface area contributed by atoms with E-state index >= 15 is 0 Å². The number of benzene rings is 9. The predicted molar refractivity (Wildman–Crippen MR) is 404 cm³/mol. The quantitative estimate of drug-likeness (QED) is 0.135. The maximum atomic E-state index is 6.92. The highest BCUT2D eigenvalue weighted by atomic mass is 16.3. The Morgan fingerprint density at radius 2 is 0.675 bits per heavy atom. The lowest BCUT2D eigenvalue weighted by atomic mass is 9.56. The first-order valence-corrected chi connectivity index (χ1v) is 28.4. The van der Waals surface area contributed by atoms with E-state index in [4.69, 9.17) is 14.4 Å². The van der Waals surface area contributed by atoms with Crippen molar-refractivity contribution in [3.63, 3.8) is 0 Å². The molecule has 2 heterocycles. The van der Waals surface area contributed by atoms with Crippen molar-refractivity contribution in [2.24, 2.45) is 0 Å². The molecule has 0 atom stereocenters. The number of nitrogens with zero attached hydrogens (tertiary/aromatic N) is 3. The van der Waals surface area contributed by atoms with Gasteiger partial charge in [-0.25, -0.2) is 9.97 Å². The molecule has 80 heavy (non-hydrogen) atoms. The van der Waals surface area contributed by atoms with Crippen LogP contribution in [0.5, 0.6) is 0 Å². The standard InChI is InChI=1S/C58H57B18N3O/c59-37-33(26-19-28(34-27-13-7-8-14-31(27)80-32(34)20-26)30-21-29(77-58(78-30)25-11-5-2-6-12-25)24-17-15-23(16-18-24)22-9-3-1-4-10-22)38(60)51(73)56(50(37)72)79(57-53(75)48(70)47(69)49(71)54(57)76)55-42(64)36(41(63)45(67)52(55)74)35-39(61)43(65)46(68)44(66)40(35)62/h1-21H,59-76H2. The second-order valence-electron chi connectivity index (χ2n) is 23.0. The van der Waals surface area contributed by atoms with E-state index in [2.05, 4.69) is 267 Å². The highest BCUT2D eigenvalue weighted by Gasteiger charge is 2.31. The van der Waals surface area contributed by atoms with Crippen molar-refractivity contribution >= 4 is 279 Å². The summed E-state index contributed by atoms with van der Waals surface area (Å²) >= 11 is 0. The van der Waals surface area contributed by atoms with Crippen LogP contribution in [0, 0.1) is 0 Å². The molecule has 0 spiro atoms. The first-order chi connectivity index (χ1) is 38.2. The minimum absolute atomic E-state index is 0.672. The van der Waals surface area contributed by atoms with Crippen LogP contribution in [0.15, 0.2) is 132 Å². The van der Waals surface area contributed by atoms with Gasteiger partial charge in [0, 0.05) is 44.5 Å². The number of anilines is 3. The third-order valence-corrected chi connectivity index (χ3v) is 19.1. The van der Waals surface area contributed by atoms with Crippen molar-refractivity contribution in [3.05, 3.63) is 127 Å². The average molecular weight is 1010 g/mol. The Balaban J connectivity index is 1.18. The van der Waals surface area contributed by atoms with Gasteiger partial charge in [0.2, 0.25) is 0 Å². The average Bonchev–Trinajstić information content (AvgIpc) is 3.92. The Hall–Kier alpha value is -7.17. The normalized spacial score (nSPS) is 11.4. The van der Waals surface area contributed by atoms with E-state index in [0.717, 1.165) is 61.1 Å². The van der Waals surface area contributed by atoms with Gasteiger partial charge in [-0.1, -0.05) is 180 Å². The molecule has 11 aromatic rings. The van der Waals surface area contributed by atoms with Gasteiger partial charge in [-0.2, -0.15) is 0 Å². The van der Waals surface area contributed by atoms with Gasteiger partial charge in [-0.3, -0.25) is 0 Å². The van der Waals surface area contributed by atoms with Gasteiger partial charge < -0.3 is 9.32 Å². The van der Waals surface area contributed by atoms with Crippen molar-refractivity contribution in [2.45, 2.75) is 0 Å². The molecule has 0 bridgehead atoms. The molecule has 0 aliphatic heterocycles. The number of furan rings is 1. The molecule has 0 unspecified atom stereocenters. The van der Waals surface area contributed by atoms with Crippen LogP contribution in [0.3, 0.4) is 0 Å². The summed E-state index contributed by atoms with van der Waals surface area (Å²) in [7, 11) is 42.0. The molecule has 22 heteroatoms. The molecule has 0 saturated heterocycles. The van der Waals surface area contributed by atoms with Gasteiger partial charge in [-0.15, -0.1) is 21.9 Å². The fourth-order valence-corrected chi connectivity index (χ4v) is 13.2. The third-order valence-electron chi connectivity index (χ3n) is 19.1. The van der Waals surface area contributed by atoms with Crippen LogP contribution < -0.4 is 103 Å². The Kier molecular flexibility index (Phi) is 14.4. The number of hydrogen-bond donors (Lipinski definition) is 0. The number of aromatic nitrogens is 2. The lowest BCUT2D eigenvalue weighted by Gasteiger charge is -2.40. The van der Waals surface area contributed by atoms with E-state index in [1.165, 1.54) is 138 Å². The fourth-order valence-electron chi connectivity index (χ4n) is 13.2. The maximum absolute atomic E-state index is 6.92. The summed E-state index contributed by atoms with van der Waals surface area (Å²) in [6.45, 7) is 0. The lowest BCUT2D eigenvalue weighted by Crippen LogP contribution is -2.59. The zero-order chi connectivity index (χ0) is 56.9. The van der Waals surface area contributed by atoms with Crippen LogP contribution >= 0.6 is 0 Å². The Morgan fingerprint density at radius 1 is 0.287 bits per heavy atom. The summed E-state index contributed by atoms with van der Waals surface area (Å²) in [5, 5.41) is 2.09. The molecule has 0 fully saturated rings. The summed E-state index contributed by atoms with van der Waals surface area (Å²) in [5.41, 5.74) is 41.2. The van der Waals surface area contributed by atoms with Crippen LogP contribution in [0.4, 0.5) is 17.1 Å². The van der Waals surface area contributed by atoms with E-state index in [9.17, 15) is 0 Å². The molecular weight excluding hydrogens is 949 g/mol. The van der Waals surface area contributed by atoms with Crippen LogP contribution in [-0.2, 0) is 0 Å². The Bertz CT molecular complexity index is 4320. The first-order valence-electron chi connectivity index (χ1n) is 28.4. The van der Waals surface area contributed by atoms with Crippen LogP contribution in [-0.4, -0.2) is 151 Å². The van der Waals surface area contributed by atoms with Gasteiger partial charge in [-0.05, 0) is 57.6 Å². The summed E-state index contributed by atoms with van der Waals surface area (Å²) in [4.78, 5) is 13.5. The lowest BCUT2D eigenvalue weighted by molar-refractivity contribution is 0.669. The third kappa shape index (κ3) is 8.82. The number of fused-ring (bicyclic) bond motifs is 3. The molecule has 0 aliphatic rings. The molecule has 0 amide bonds. The summed E-state index contributed by atoms with van der Waals surface area (Å²) < 4.78 is 6.92. The summed E-state index contributed by atoms with van der Waals surface area (Å²) in [6.07, 6.45) is 0. The highest BCUT2D eigenvalue weighted by molar-refractivity contribution is 6.73. The molecule has 0 aliphatic carbocycles. The van der Waals surface area contributed by atoms with E-state index in [0.29, 0.717) is 5.82 Å². The number of rotatable bonds is 9. The number of para-hydroxylation sites is 1. The molecular formula is C58H57B18N3O. The van der Waals surface area contributed by atoms with Crippen LogP contribution in [0.1, 0.15) is 0 Å². The SMILES string of the molecule is Bc1c(B)c(B)c(-c2c(B)c(B)c(B)c(N(c3c(B)c(B)c(B)c(B)c3B)c3c(B)c(B)c(-c4cc(-c5cc(-c6ccc(-c7ccccc7)cc6)nc(-c6ccccc6)n5)c5c(c4)oc4ccccc45)c(B)c3B)c2B)c(B)c1B. The van der Waals surface area contributed by atoms with Crippen molar-refractivity contribution in [2.75, 3.05) is 4.90 Å². The summed E-state index contributed by atoms with van der Waals surface area (Å²) in [6, 6.07) is 44.9. The molecule has 364 valence electrons. The second-order valence-corrected chi connectivity index (χ2v) is 23.0. The molecule has 0 N–H and O–H groups in total. The fraction of sp³-hybridized carbons (Fsp3) is 0. The smallest absolute Gasteiger partial charge is 0.160 e. The van der Waals surface area contributed by atoms with Gasteiger partial charge in [0.1, 0.15) is 152 Å². The molecule has 2 aromatic heterocycles. The first kappa shape index (κ1) is 54.8. The zero-order valence-corrected chi connectivity index (χ0v) is 50.4. The maximum Gasteiger partial charge on any atom is 0.160 e. The van der Waals surface area contributed by atoms with E-state index in [-0.39, 0.29) is 0 Å². The van der Waals surface area contributed by atoms with Crippen molar-refractivity contribution in [1.29, 1.82) is 0 Å². The topological polar surface area (TPSA) is 42.2 Å². The molecule has 9 aromatic carbocycles. The minimum atomic E-state index is 0.672. The minimum Gasteiger partial charge on any atom is -0.456 e. The van der Waals surface area contributed by atoms with E-state index < -0.39 is 0 Å². The monoisotopic (exact) mass is 1010 g/mol. The van der Waals surface area contributed by atoms with Gasteiger partial charge in [0.25, 0.3) is 0 Å². The summed E-state index contributed by atoms with van der Waals surface area (Å²) in [5.74, 6) is 0.672. The van der Waals surface area contributed by atoms with Crippen molar-refractivity contribution in [1.82, 2.24) is 9.97 Å². The molecule has 0 saturated carbocycles.